The van der Waals surface area contributed by atoms with Gasteiger partial charge in [0.15, 0.2) is 13.6 Å². The minimum atomic E-state index is 0.198. The van der Waals surface area contributed by atoms with Gasteiger partial charge in [0.25, 0.3) is 0 Å². The minimum absolute atomic E-state index is 0.198. The summed E-state index contributed by atoms with van der Waals surface area (Å²) in [5.41, 5.74) is 0. The number of halogens is 2. The molecule has 1 aromatic carbocycles. The average molecular weight is 356 g/mol. The number of hydrogen-bond donors (Lipinski definition) is 0. The van der Waals surface area contributed by atoms with Crippen LogP contribution in [0.2, 0.25) is 0 Å². The molecule has 1 rings (SSSR count). The number of hydrogen-bond acceptors (Lipinski definition) is 4. The van der Waals surface area contributed by atoms with E-state index >= 15 is 0 Å². The number of rotatable bonds is 6. The summed E-state index contributed by atoms with van der Waals surface area (Å²) in [6.45, 7) is 0.395. The maximum atomic E-state index is 5.34. The number of ether oxygens (including phenoxy) is 4. The Morgan fingerprint density at radius 3 is 1.56 bits per heavy atom. The molecular formula is C10H12Br2O4. The highest BCUT2D eigenvalue weighted by Gasteiger charge is 2.08. The van der Waals surface area contributed by atoms with Gasteiger partial charge in [0.2, 0.25) is 0 Å². The van der Waals surface area contributed by atoms with Gasteiger partial charge in [0.1, 0.15) is 11.5 Å². The third-order valence-corrected chi connectivity index (χ3v) is 2.89. The molecule has 0 aliphatic carbocycles. The summed E-state index contributed by atoms with van der Waals surface area (Å²) in [6, 6.07) is 3.60. The lowest BCUT2D eigenvalue weighted by atomic mass is 10.3. The second-order valence-corrected chi connectivity index (χ2v) is 4.52. The molecule has 0 unspecified atom stereocenters. The van der Waals surface area contributed by atoms with Gasteiger partial charge in [-0.1, -0.05) is 0 Å². The van der Waals surface area contributed by atoms with Crippen LogP contribution in [0.5, 0.6) is 11.5 Å². The van der Waals surface area contributed by atoms with Crippen LogP contribution in [0.25, 0.3) is 0 Å². The first kappa shape index (κ1) is 13.8. The Hall–Kier alpha value is -0.300. The standard InChI is InChI=1S/C10H12Br2O4/c1-13-5-15-9-3-8(12)10(4-7(9)11)16-6-14-2/h3-4H,5-6H2,1-2H3. The summed E-state index contributed by atoms with van der Waals surface area (Å²) < 4.78 is 21.9. The lowest BCUT2D eigenvalue weighted by molar-refractivity contribution is 0.0475. The Morgan fingerprint density at radius 2 is 1.25 bits per heavy atom. The molecule has 0 aliphatic rings. The van der Waals surface area contributed by atoms with E-state index in [1.54, 1.807) is 26.4 Å². The monoisotopic (exact) mass is 354 g/mol. The van der Waals surface area contributed by atoms with E-state index in [-0.39, 0.29) is 13.6 Å². The molecule has 0 aliphatic heterocycles. The molecule has 0 aromatic heterocycles. The molecular weight excluding hydrogens is 344 g/mol. The maximum absolute atomic E-state index is 5.34. The van der Waals surface area contributed by atoms with E-state index in [9.17, 15) is 0 Å². The summed E-state index contributed by atoms with van der Waals surface area (Å²) in [4.78, 5) is 0. The molecule has 0 fully saturated rings. The second-order valence-electron chi connectivity index (χ2n) is 2.81. The predicted octanol–water partition coefficient (Wildman–Crippen LogP) is 3.18. The molecule has 90 valence electrons. The normalized spacial score (nSPS) is 10.2. The summed E-state index contributed by atoms with van der Waals surface area (Å²) in [7, 11) is 3.14. The zero-order chi connectivity index (χ0) is 12.0. The first-order valence-electron chi connectivity index (χ1n) is 4.41. The minimum Gasteiger partial charge on any atom is -0.466 e. The van der Waals surface area contributed by atoms with Crippen molar-refractivity contribution in [3.05, 3.63) is 21.1 Å². The van der Waals surface area contributed by atoms with Crippen LogP contribution >= 0.6 is 31.9 Å². The van der Waals surface area contributed by atoms with E-state index in [1.807, 2.05) is 0 Å². The van der Waals surface area contributed by atoms with Crippen molar-refractivity contribution in [3.63, 3.8) is 0 Å². The first-order chi connectivity index (χ1) is 7.69. The summed E-state index contributed by atoms with van der Waals surface area (Å²) >= 11 is 6.76. The van der Waals surface area contributed by atoms with Crippen molar-refractivity contribution in [3.8, 4) is 11.5 Å². The van der Waals surface area contributed by atoms with Crippen LogP contribution in [0, 0.1) is 0 Å². The van der Waals surface area contributed by atoms with Gasteiger partial charge in [-0.15, -0.1) is 0 Å². The Labute approximate surface area is 111 Å². The van der Waals surface area contributed by atoms with Crippen molar-refractivity contribution in [2.45, 2.75) is 0 Å². The van der Waals surface area contributed by atoms with Gasteiger partial charge < -0.3 is 18.9 Å². The molecule has 1 aromatic rings. The molecule has 6 heteroatoms. The highest BCUT2D eigenvalue weighted by molar-refractivity contribution is 9.11. The fourth-order valence-electron chi connectivity index (χ4n) is 0.976. The quantitative estimate of drug-likeness (QED) is 0.734. The van der Waals surface area contributed by atoms with E-state index in [4.69, 9.17) is 18.9 Å². The molecule has 0 spiro atoms. The fraction of sp³-hybridized carbons (Fsp3) is 0.400. The van der Waals surface area contributed by atoms with Gasteiger partial charge in [-0.25, -0.2) is 0 Å². The van der Waals surface area contributed by atoms with Crippen LogP contribution < -0.4 is 9.47 Å². The molecule has 0 saturated heterocycles. The molecule has 0 amide bonds. The average Bonchev–Trinajstić information content (AvgIpc) is 2.28. The summed E-state index contributed by atoms with van der Waals surface area (Å²) in [5.74, 6) is 1.36. The lowest BCUT2D eigenvalue weighted by Crippen LogP contribution is -2.02. The van der Waals surface area contributed by atoms with Crippen LogP contribution in [-0.2, 0) is 9.47 Å². The fourth-order valence-corrected chi connectivity index (χ4v) is 1.85. The van der Waals surface area contributed by atoms with Crippen molar-refractivity contribution < 1.29 is 18.9 Å². The van der Waals surface area contributed by atoms with Crippen molar-refractivity contribution in [2.75, 3.05) is 27.8 Å². The van der Waals surface area contributed by atoms with Crippen molar-refractivity contribution >= 4 is 31.9 Å². The predicted molar refractivity (Wildman–Crippen MR) is 66.9 cm³/mol. The third-order valence-electron chi connectivity index (χ3n) is 1.65. The zero-order valence-electron chi connectivity index (χ0n) is 8.96. The highest BCUT2D eigenvalue weighted by Crippen LogP contribution is 2.36. The van der Waals surface area contributed by atoms with Crippen molar-refractivity contribution in [2.24, 2.45) is 0 Å². The Kier molecular flexibility index (Phi) is 6.12. The van der Waals surface area contributed by atoms with E-state index < -0.39 is 0 Å². The molecule has 0 saturated carbocycles. The van der Waals surface area contributed by atoms with E-state index in [1.165, 1.54) is 0 Å². The summed E-state index contributed by atoms with van der Waals surface area (Å²) in [5, 5.41) is 0. The summed E-state index contributed by atoms with van der Waals surface area (Å²) in [6.07, 6.45) is 0. The topological polar surface area (TPSA) is 36.9 Å². The van der Waals surface area contributed by atoms with Crippen molar-refractivity contribution in [1.82, 2.24) is 0 Å². The lowest BCUT2D eigenvalue weighted by Gasteiger charge is -2.11. The van der Waals surface area contributed by atoms with E-state index in [0.717, 1.165) is 8.95 Å². The van der Waals surface area contributed by atoms with Crippen LogP contribution in [-0.4, -0.2) is 27.8 Å². The van der Waals surface area contributed by atoms with E-state index in [2.05, 4.69) is 31.9 Å². The molecule has 16 heavy (non-hydrogen) atoms. The number of benzene rings is 1. The Morgan fingerprint density at radius 1 is 0.875 bits per heavy atom. The first-order valence-corrected chi connectivity index (χ1v) is 6.00. The second kappa shape index (κ2) is 7.11. The van der Waals surface area contributed by atoms with Crippen LogP contribution in [0.4, 0.5) is 0 Å². The Balaban J connectivity index is 2.79. The van der Waals surface area contributed by atoms with E-state index in [0.29, 0.717) is 11.5 Å². The van der Waals surface area contributed by atoms with Gasteiger partial charge >= 0.3 is 0 Å². The molecule has 4 nitrogen and oxygen atoms in total. The van der Waals surface area contributed by atoms with Crippen molar-refractivity contribution in [1.29, 1.82) is 0 Å². The largest absolute Gasteiger partial charge is 0.466 e. The van der Waals surface area contributed by atoms with Gasteiger partial charge in [-0.3, -0.25) is 0 Å². The smallest absolute Gasteiger partial charge is 0.188 e. The molecule has 0 N–H and O–H groups in total. The maximum Gasteiger partial charge on any atom is 0.188 e. The van der Waals surface area contributed by atoms with Gasteiger partial charge in [-0.2, -0.15) is 0 Å². The molecule has 0 bridgehead atoms. The van der Waals surface area contributed by atoms with Gasteiger partial charge in [0.05, 0.1) is 8.95 Å². The van der Waals surface area contributed by atoms with Crippen LogP contribution in [0.3, 0.4) is 0 Å². The highest BCUT2D eigenvalue weighted by atomic mass is 79.9. The van der Waals surface area contributed by atoms with Crippen LogP contribution in [0.1, 0.15) is 0 Å². The molecule has 0 atom stereocenters. The number of methoxy groups -OCH3 is 2. The van der Waals surface area contributed by atoms with Gasteiger partial charge in [0, 0.05) is 14.2 Å². The third kappa shape index (κ3) is 3.93. The molecule has 0 radical (unpaired) electrons. The zero-order valence-corrected chi connectivity index (χ0v) is 12.1. The Bertz CT molecular complexity index is 310. The van der Waals surface area contributed by atoms with Crippen LogP contribution in [0.15, 0.2) is 21.1 Å². The SMILES string of the molecule is COCOc1cc(Br)c(OCOC)cc1Br. The molecule has 0 heterocycles. The van der Waals surface area contributed by atoms with Gasteiger partial charge in [-0.05, 0) is 44.0 Å².